The predicted molar refractivity (Wildman–Crippen MR) is 71.9 cm³/mol. The number of hydrogen-bond donors (Lipinski definition) is 0. The maximum absolute atomic E-state index is 12.0. The number of amides is 1. The molecular formula is C15H19NO2. The molecule has 0 aromatic heterocycles. The van der Waals surface area contributed by atoms with Crippen LogP contribution in [-0.4, -0.2) is 18.2 Å². The lowest BCUT2D eigenvalue weighted by Crippen LogP contribution is -2.34. The molecule has 0 bridgehead atoms. The maximum Gasteiger partial charge on any atom is 0.299 e. The summed E-state index contributed by atoms with van der Waals surface area (Å²) in [5.41, 5.74) is 2.37. The minimum atomic E-state index is -0.373. The molecule has 3 heteroatoms. The molecule has 0 saturated carbocycles. The summed E-state index contributed by atoms with van der Waals surface area (Å²) in [5, 5.41) is 0. The number of carbonyl (C=O) groups is 2. The van der Waals surface area contributed by atoms with E-state index in [1.807, 2.05) is 19.1 Å². The van der Waals surface area contributed by atoms with Gasteiger partial charge in [-0.3, -0.25) is 9.59 Å². The molecule has 0 aliphatic carbocycles. The van der Waals surface area contributed by atoms with Crippen LogP contribution in [0.1, 0.15) is 42.6 Å². The summed E-state index contributed by atoms with van der Waals surface area (Å²) >= 11 is 0. The molecule has 1 aromatic carbocycles. The molecule has 2 rings (SSSR count). The second-order valence-corrected chi connectivity index (χ2v) is 5.11. The number of fused-ring (bicyclic) bond motifs is 1. The molecule has 1 aliphatic heterocycles. The molecule has 1 heterocycles. The Labute approximate surface area is 108 Å². The lowest BCUT2D eigenvalue weighted by Gasteiger charge is -2.22. The van der Waals surface area contributed by atoms with Gasteiger partial charge in [-0.15, -0.1) is 0 Å². The van der Waals surface area contributed by atoms with E-state index in [2.05, 4.69) is 13.8 Å². The number of rotatable bonds is 4. The van der Waals surface area contributed by atoms with Crippen molar-refractivity contribution in [3.05, 3.63) is 29.3 Å². The van der Waals surface area contributed by atoms with Crippen molar-refractivity contribution >= 4 is 17.4 Å². The highest BCUT2D eigenvalue weighted by Crippen LogP contribution is 2.33. The number of carbonyl (C=O) groups excluding carboxylic acids is 2. The SMILES string of the molecule is CCCC(C)CN1C(=O)C(=O)c2cccc(C)c21. The molecule has 0 saturated heterocycles. The number of Topliss-reactive ketones (excluding diaryl/α,β-unsaturated/α-hetero) is 1. The van der Waals surface area contributed by atoms with Crippen molar-refractivity contribution in [2.75, 3.05) is 11.4 Å². The molecule has 1 atom stereocenters. The smallest absolute Gasteiger partial charge is 0.299 e. The lowest BCUT2D eigenvalue weighted by molar-refractivity contribution is -0.114. The molecule has 1 unspecified atom stereocenters. The van der Waals surface area contributed by atoms with Crippen LogP contribution in [0.5, 0.6) is 0 Å². The van der Waals surface area contributed by atoms with Crippen LogP contribution in [0.15, 0.2) is 18.2 Å². The molecular weight excluding hydrogens is 226 g/mol. The van der Waals surface area contributed by atoms with Gasteiger partial charge in [0, 0.05) is 6.54 Å². The highest BCUT2D eigenvalue weighted by atomic mass is 16.2. The minimum Gasteiger partial charge on any atom is -0.304 e. The van der Waals surface area contributed by atoms with Gasteiger partial charge in [-0.1, -0.05) is 32.4 Å². The first-order chi connectivity index (χ1) is 8.56. The number of ketones is 1. The fourth-order valence-electron chi connectivity index (χ4n) is 2.61. The number of benzene rings is 1. The van der Waals surface area contributed by atoms with Gasteiger partial charge in [0.05, 0.1) is 11.3 Å². The summed E-state index contributed by atoms with van der Waals surface area (Å²) in [7, 11) is 0. The Hall–Kier alpha value is -1.64. The summed E-state index contributed by atoms with van der Waals surface area (Å²) in [5.74, 6) is -0.322. The van der Waals surface area contributed by atoms with E-state index in [1.165, 1.54) is 0 Å². The van der Waals surface area contributed by atoms with E-state index in [1.54, 1.807) is 11.0 Å². The maximum atomic E-state index is 12.0. The number of para-hydroxylation sites is 1. The van der Waals surface area contributed by atoms with Gasteiger partial charge in [-0.2, -0.15) is 0 Å². The van der Waals surface area contributed by atoms with Gasteiger partial charge in [0.1, 0.15) is 0 Å². The summed E-state index contributed by atoms with van der Waals surface area (Å²) in [4.78, 5) is 25.6. The average Bonchev–Trinajstić information content (AvgIpc) is 2.56. The first-order valence-corrected chi connectivity index (χ1v) is 6.52. The Morgan fingerprint density at radius 1 is 1.28 bits per heavy atom. The van der Waals surface area contributed by atoms with Gasteiger partial charge >= 0.3 is 0 Å². The first kappa shape index (κ1) is 12.8. The number of anilines is 1. The van der Waals surface area contributed by atoms with E-state index in [4.69, 9.17) is 0 Å². The molecule has 1 aliphatic rings. The van der Waals surface area contributed by atoms with E-state index in [9.17, 15) is 9.59 Å². The molecule has 0 radical (unpaired) electrons. The standard InChI is InChI=1S/C15H19NO2/c1-4-6-10(2)9-16-13-11(3)7-5-8-12(13)14(17)15(16)18/h5,7-8,10H,4,6,9H2,1-3H3. The minimum absolute atomic E-state index is 0.364. The van der Waals surface area contributed by atoms with Crippen molar-refractivity contribution in [2.45, 2.75) is 33.6 Å². The summed E-state index contributed by atoms with van der Waals surface area (Å²) in [6.07, 6.45) is 2.16. The van der Waals surface area contributed by atoms with Crippen LogP contribution < -0.4 is 4.90 Å². The predicted octanol–water partition coefficient (Wildman–Crippen LogP) is 2.96. The number of hydrogen-bond acceptors (Lipinski definition) is 2. The second-order valence-electron chi connectivity index (χ2n) is 5.11. The highest BCUT2D eigenvalue weighted by Gasteiger charge is 2.36. The fraction of sp³-hybridized carbons (Fsp3) is 0.467. The van der Waals surface area contributed by atoms with Crippen LogP contribution in [-0.2, 0) is 4.79 Å². The highest BCUT2D eigenvalue weighted by molar-refractivity contribution is 6.52. The lowest BCUT2D eigenvalue weighted by atomic mass is 10.0. The third-order valence-corrected chi connectivity index (χ3v) is 3.47. The van der Waals surface area contributed by atoms with Crippen molar-refractivity contribution in [1.82, 2.24) is 0 Å². The summed E-state index contributed by atoms with van der Waals surface area (Å²) < 4.78 is 0. The normalized spacial score (nSPS) is 16.1. The topological polar surface area (TPSA) is 37.4 Å². The fourth-order valence-corrected chi connectivity index (χ4v) is 2.61. The third-order valence-electron chi connectivity index (χ3n) is 3.47. The molecule has 0 spiro atoms. The van der Waals surface area contributed by atoms with E-state index in [0.717, 1.165) is 24.1 Å². The molecule has 0 fully saturated rings. The third kappa shape index (κ3) is 2.05. The van der Waals surface area contributed by atoms with E-state index in [0.29, 0.717) is 18.0 Å². The summed E-state index contributed by atoms with van der Waals surface area (Å²) in [6.45, 7) is 6.84. The summed E-state index contributed by atoms with van der Waals surface area (Å²) in [6, 6.07) is 5.52. The van der Waals surface area contributed by atoms with E-state index in [-0.39, 0.29) is 11.7 Å². The quantitative estimate of drug-likeness (QED) is 0.765. The van der Waals surface area contributed by atoms with Gasteiger partial charge in [-0.25, -0.2) is 0 Å². The van der Waals surface area contributed by atoms with Crippen molar-refractivity contribution < 1.29 is 9.59 Å². The number of aryl methyl sites for hydroxylation is 1. The van der Waals surface area contributed by atoms with Crippen LogP contribution >= 0.6 is 0 Å². The molecule has 3 nitrogen and oxygen atoms in total. The van der Waals surface area contributed by atoms with Crippen molar-refractivity contribution in [3.8, 4) is 0 Å². The zero-order valence-corrected chi connectivity index (χ0v) is 11.2. The van der Waals surface area contributed by atoms with Gasteiger partial charge in [0.25, 0.3) is 11.7 Å². The van der Waals surface area contributed by atoms with Crippen LogP contribution in [0.3, 0.4) is 0 Å². The Morgan fingerprint density at radius 3 is 2.67 bits per heavy atom. The van der Waals surface area contributed by atoms with Crippen molar-refractivity contribution in [2.24, 2.45) is 5.92 Å². The molecule has 18 heavy (non-hydrogen) atoms. The van der Waals surface area contributed by atoms with Crippen LogP contribution in [0.25, 0.3) is 0 Å². The van der Waals surface area contributed by atoms with Gasteiger partial charge in [0.15, 0.2) is 0 Å². The van der Waals surface area contributed by atoms with Crippen LogP contribution in [0.2, 0.25) is 0 Å². The zero-order valence-electron chi connectivity index (χ0n) is 11.2. The van der Waals surface area contributed by atoms with Crippen molar-refractivity contribution in [3.63, 3.8) is 0 Å². The van der Waals surface area contributed by atoms with Crippen LogP contribution in [0.4, 0.5) is 5.69 Å². The van der Waals surface area contributed by atoms with Crippen LogP contribution in [0, 0.1) is 12.8 Å². The molecule has 1 amide bonds. The van der Waals surface area contributed by atoms with Crippen molar-refractivity contribution in [1.29, 1.82) is 0 Å². The molecule has 0 N–H and O–H groups in total. The zero-order chi connectivity index (χ0) is 13.3. The Balaban J connectivity index is 2.33. The molecule has 1 aromatic rings. The number of nitrogens with zero attached hydrogens (tertiary/aromatic N) is 1. The van der Waals surface area contributed by atoms with Gasteiger partial charge in [-0.05, 0) is 30.9 Å². The van der Waals surface area contributed by atoms with Gasteiger partial charge < -0.3 is 4.90 Å². The van der Waals surface area contributed by atoms with E-state index < -0.39 is 0 Å². The first-order valence-electron chi connectivity index (χ1n) is 6.52. The average molecular weight is 245 g/mol. The largest absolute Gasteiger partial charge is 0.304 e. The Kier molecular flexibility index (Phi) is 3.50. The monoisotopic (exact) mass is 245 g/mol. The second kappa shape index (κ2) is 4.92. The molecule has 96 valence electrons. The van der Waals surface area contributed by atoms with E-state index >= 15 is 0 Å². The van der Waals surface area contributed by atoms with Gasteiger partial charge in [0.2, 0.25) is 0 Å². The Bertz CT molecular complexity index is 493. The Morgan fingerprint density at radius 2 is 2.00 bits per heavy atom.